The molecule has 0 aromatic rings. The maximum atomic E-state index is 9.55. The molecule has 2 heterocycles. The predicted molar refractivity (Wildman–Crippen MR) is 107 cm³/mol. The third-order valence-corrected chi connectivity index (χ3v) is 5.57. The Balaban J connectivity index is 0.000000242. The largest absolute Gasteiger partial charge is 0.478 e. The average molecular weight is 384 g/mol. The Hall–Kier alpha value is -2.76. The molecule has 150 valence electrons. The second-order valence-electron chi connectivity index (χ2n) is 7.59. The molecule has 28 heavy (non-hydrogen) atoms. The Kier molecular flexibility index (Phi) is 6.07. The Bertz CT molecular complexity index is 813. The van der Waals surface area contributed by atoms with Crippen LogP contribution in [0, 0.1) is 5.92 Å². The van der Waals surface area contributed by atoms with Crippen molar-refractivity contribution in [2.75, 3.05) is 6.54 Å². The van der Waals surface area contributed by atoms with E-state index in [2.05, 4.69) is 36.6 Å². The van der Waals surface area contributed by atoms with Crippen LogP contribution in [0.1, 0.15) is 46.0 Å². The minimum atomic E-state index is -1.26. The van der Waals surface area contributed by atoms with Gasteiger partial charge in [0, 0.05) is 42.1 Å². The van der Waals surface area contributed by atoms with Crippen molar-refractivity contribution in [1.29, 1.82) is 0 Å². The summed E-state index contributed by atoms with van der Waals surface area (Å²) < 4.78 is 0. The van der Waals surface area contributed by atoms with E-state index < -0.39 is 11.9 Å². The lowest BCUT2D eigenvalue weighted by atomic mass is 9.72. The predicted octanol–water partition coefficient (Wildman–Crippen LogP) is 3.27. The maximum absolute atomic E-state index is 9.55. The molecule has 0 aromatic heterocycles. The molecular weight excluding hydrogens is 356 g/mol. The van der Waals surface area contributed by atoms with E-state index in [0.717, 1.165) is 12.5 Å². The molecule has 2 aliphatic carbocycles. The number of allylic oxidation sites excluding steroid dienone is 6. The summed E-state index contributed by atoms with van der Waals surface area (Å²) in [7, 11) is 0. The van der Waals surface area contributed by atoms with Crippen molar-refractivity contribution in [3.63, 3.8) is 0 Å². The zero-order valence-corrected chi connectivity index (χ0v) is 16.4. The van der Waals surface area contributed by atoms with Crippen molar-refractivity contribution < 1.29 is 19.8 Å². The molecule has 2 unspecified atom stereocenters. The maximum Gasteiger partial charge on any atom is 0.328 e. The summed E-state index contributed by atoms with van der Waals surface area (Å²) in [6.07, 6.45) is 12.1. The lowest BCUT2D eigenvalue weighted by Crippen LogP contribution is -2.36. The van der Waals surface area contributed by atoms with Crippen molar-refractivity contribution in [1.82, 2.24) is 10.6 Å². The standard InChI is InChI=1S/C18H24N2.C4H4O4/c1-3-5-16-15-9-12-10-19-17-7-4-6-13(18(12)17)14(15)8-11(2)20-16;5-3(6)1-2-4(7)8/h7-8,12,16,19-20H,3-6,9-10H2,1-2H3;1-2H,(H,5,6)(H,7,8)/b;2-1-. The van der Waals surface area contributed by atoms with Gasteiger partial charge in [-0.15, -0.1) is 0 Å². The molecule has 6 nitrogen and oxygen atoms in total. The average Bonchev–Trinajstić information content (AvgIpc) is 3.06. The van der Waals surface area contributed by atoms with Crippen LogP contribution in [-0.2, 0) is 9.59 Å². The molecule has 2 aliphatic heterocycles. The van der Waals surface area contributed by atoms with Crippen LogP contribution in [0.3, 0.4) is 0 Å². The number of carboxylic acids is 2. The molecule has 2 atom stereocenters. The van der Waals surface area contributed by atoms with Gasteiger partial charge in [-0.25, -0.2) is 9.59 Å². The van der Waals surface area contributed by atoms with E-state index in [9.17, 15) is 9.59 Å². The number of dihydropyridines is 1. The van der Waals surface area contributed by atoms with Gasteiger partial charge in [0.05, 0.1) is 0 Å². The van der Waals surface area contributed by atoms with Gasteiger partial charge in [-0.05, 0) is 61.0 Å². The molecule has 1 saturated heterocycles. The van der Waals surface area contributed by atoms with Gasteiger partial charge in [0.15, 0.2) is 0 Å². The Morgan fingerprint density at radius 3 is 2.61 bits per heavy atom. The van der Waals surface area contributed by atoms with Crippen LogP contribution in [0.15, 0.2) is 58.0 Å². The van der Waals surface area contributed by atoms with Crippen LogP contribution in [-0.4, -0.2) is 34.7 Å². The van der Waals surface area contributed by atoms with E-state index in [1.165, 1.54) is 43.5 Å². The molecule has 0 radical (unpaired) electrons. The molecule has 4 N–H and O–H groups in total. The van der Waals surface area contributed by atoms with E-state index >= 15 is 0 Å². The van der Waals surface area contributed by atoms with Crippen molar-refractivity contribution in [3.8, 4) is 0 Å². The number of rotatable bonds is 4. The molecule has 0 spiro atoms. The Labute approximate surface area is 165 Å². The fourth-order valence-electron chi connectivity index (χ4n) is 4.57. The smallest absolute Gasteiger partial charge is 0.328 e. The first-order chi connectivity index (χ1) is 13.4. The summed E-state index contributed by atoms with van der Waals surface area (Å²) in [5.74, 6) is -1.79. The van der Waals surface area contributed by atoms with Crippen LogP contribution in [0.25, 0.3) is 0 Å². The fourth-order valence-corrected chi connectivity index (χ4v) is 4.57. The molecule has 0 amide bonds. The van der Waals surface area contributed by atoms with Gasteiger partial charge in [-0.1, -0.05) is 19.4 Å². The third-order valence-electron chi connectivity index (χ3n) is 5.57. The highest BCUT2D eigenvalue weighted by Crippen LogP contribution is 2.47. The lowest BCUT2D eigenvalue weighted by molar-refractivity contribution is -0.134. The van der Waals surface area contributed by atoms with Crippen LogP contribution in [0.2, 0.25) is 0 Å². The number of carbonyl (C=O) groups is 2. The Morgan fingerprint density at radius 2 is 1.96 bits per heavy atom. The summed E-state index contributed by atoms with van der Waals surface area (Å²) in [4.78, 5) is 19.1. The van der Waals surface area contributed by atoms with E-state index in [1.807, 2.05) is 0 Å². The van der Waals surface area contributed by atoms with E-state index in [0.29, 0.717) is 18.2 Å². The zero-order chi connectivity index (χ0) is 20.3. The summed E-state index contributed by atoms with van der Waals surface area (Å²) in [6.45, 7) is 5.65. The third kappa shape index (κ3) is 4.21. The topological polar surface area (TPSA) is 98.7 Å². The molecule has 0 bridgehead atoms. The first-order valence-corrected chi connectivity index (χ1v) is 9.90. The van der Waals surface area contributed by atoms with Crippen molar-refractivity contribution in [3.05, 3.63) is 58.0 Å². The number of hydrogen-bond donors (Lipinski definition) is 4. The van der Waals surface area contributed by atoms with Gasteiger partial charge in [0.25, 0.3) is 0 Å². The van der Waals surface area contributed by atoms with Gasteiger partial charge in [-0.2, -0.15) is 0 Å². The molecule has 0 aromatic carbocycles. The number of nitrogens with one attached hydrogen (secondary N) is 2. The normalized spacial score (nSPS) is 24.9. The van der Waals surface area contributed by atoms with Crippen LogP contribution in [0.5, 0.6) is 0 Å². The van der Waals surface area contributed by atoms with Crippen molar-refractivity contribution in [2.45, 2.75) is 52.0 Å². The van der Waals surface area contributed by atoms with Crippen molar-refractivity contribution >= 4 is 11.9 Å². The minimum Gasteiger partial charge on any atom is -0.478 e. The van der Waals surface area contributed by atoms with Gasteiger partial charge in [0.2, 0.25) is 0 Å². The van der Waals surface area contributed by atoms with Crippen LogP contribution >= 0.6 is 0 Å². The number of aliphatic carboxylic acids is 2. The summed E-state index contributed by atoms with van der Waals surface area (Å²) in [5, 5.41) is 23.0. The van der Waals surface area contributed by atoms with E-state index in [4.69, 9.17) is 10.2 Å². The summed E-state index contributed by atoms with van der Waals surface area (Å²) >= 11 is 0. The van der Waals surface area contributed by atoms with Crippen LogP contribution < -0.4 is 10.6 Å². The molecule has 0 saturated carbocycles. The minimum absolute atomic E-state index is 0.558. The molecule has 6 heteroatoms. The number of carboxylic acid groups (broad SMARTS) is 2. The first kappa shape index (κ1) is 20.0. The van der Waals surface area contributed by atoms with Gasteiger partial charge in [-0.3, -0.25) is 0 Å². The zero-order valence-electron chi connectivity index (χ0n) is 16.4. The Morgan fingerprint density at radius 1 is 1.25 bits per heavy atom. The second-order valence-corrected chi connectivity index (χ2v) is 7.59. The van der Waals surface area contributed by atoms with Gasteiger partial charge < -0.3 is 20.8 Å². The highest BCUT2D eigenvalue weighted by Gasteiger charge is 2.38. The summed E-state index contributed by atoms with van der Waals surface area (Å²) in [5.41, 5.74) is 9.36. The lowest BCUT2D eigenvalue weighted by Gasteiger charge is -2.37. The molecule has 4 aliphatic rings. The van der Waals surface area contributed by atoms with Crippen molar-refractivity contribution in [2.24, 2.45) is 5.92 Å². The van der Waals surface area contributed by atoms with E-state index in [-0.39, 0.29) is 0 Å². The molecule has 1 fully saturated rings. The SMILES string of the molecule is CCCC1NC(C)=CC2=C1CC1CNC3=CCCC2=C31.O=C(O)/C=C\C(=O)O. The second kappa shape index (κ2) is 8.50. The van der Waals surface area contributed by atoms with E-state index in [1.54, 1.807) is 22.3 Å². The summed E-state index contributed by atoms with van der Waals surface area (Å²) in [6, 6.07) is 0.573. The fraction of sp³-hybridized carbons (Fsp3) is 0.455. The molecular formula is C22H28N2O4. The molecule has 4 rings (SSSR count). The van der Waals surface area contributed by atoms with Gasteiger partial charge >= 0.3 is 11.9 Å². The first-order valence-electron chi connectivity index (χ1n) is 9.90. The number of hydrogen-bond acceptors (Lipinski definition) is 4. The quantitative estimate of drug-likeness (QED) is 0.555. The number of fused-ring (bicyclic) bond motifs is 1. The highest BCUT2D eigenvalue weighted by atomic mass is 16.4. The van der Waals surface area contributed by atoms with Gasteiger partial charge in [0.1, 0.15) is 0 Å². The monoisotopic (exact) mass is 384 g/mol. The van der Waals surface area contributed by atoms with Crippen LogP contribution in [0.4, 0.5) is 0 Å². The highest BCUT2D eigenvalue weighted by molar-refractivity contribution is 5.89.